The summed E-state index contributed by atoms with van der Waals surface area (Å²) < 4.78 is 0. The van der Waals surface area contributed by atoms with Crippen molar-refractivity contribution in [3.05, 3.63) is 29.8 Å². The number of amides is 1. The van der Waals surface area contributed by atoms with E-state index in [4.69, 9.17) is 5.84 Å². The molecule has 0 heterocycles. The van der Waals surface area contributed by atoms with Gasteiger partial charge in [-0.15, -0.1) is 0 Å². The number of rotatable bonds is 5. The zero-order valence-corrected chi connectivity index (χ0v) is 12.2. The Morgan fingerprint density at radius 2 is 1.95 bits per heavy atom. The van der Waals surface area contributed by atoms with Gasteiger partial charge in [0, 0.05) is 6.04 Å². The first-order valence-electron chi connectivity index (χ1n) is 7.61. The highest BCUT2D eigenvalue weighted by Crippen LogP contribution is 2.28. The Morgan fingerprint density at radius 3 is 2.60 bits per heavy atom. The summed E-state index contributed by atoms with van der Waals surface area (Å²) in [7, 11) is 0. The molecule has 4 N–H and O–H groups in total. The molecule has 0 unspecified atom stereocenters. The Bertz CT molecular complexity index is 439. The van der Waals surface area contributed by atoms with Crippen molar-refractivity contribution in [3.8, 4) is 0 Å². The van der Waals surface area contributed by atoms with E-state index in [0.717, 1.165) is 18.8 Å². The van der Waals surface area contributed by atoms with E-state index in [2.05, 4.69) is 17.7 Å². The summed E-state index contributed by atoms with van der Waals surface area (Å²) in [5, 5.41) is 3.14. The van der Waals surface area contributed by atoms with Crippen molar-refractivity contribution in [2.75, 3.05) is 5.43 Å². The van der Waals surface area contributed by atoms with E-state index in [0.29, 0.717) is 17.3 Å². The minimum atomic E-state index is -0.0301. The predicted molar refractivity (Wildman–Crippen MR) is 82.4 cm³/mol. The Hall–Kier alpha value is -1.55. The third-order valence-corrected chi connectivity index (χ3v) is 4.21. The van der Waals surface area contributed by atoms with Crippen molar-refractivity contribution in [2.45, 2.75) is 51.5 Å². The molecule has 0 atom stereocenters. The molecule has 1 amide bonds. The molecular formula is C16H25N3O. The molecule has 4 nitrogen and oxygen atoms in total. The molecule has 4 heteroatoms. The molecule has 1 aliphatic carbocycles. The summed E-state index contributed by atoms with van der Waals surface area (Å²) in [5.74, 6) is 6.27. The topological polar surface area (TPSA) is 67.2 Å². The maximum absolute atomic E-state index is 12.3. The number of carbonyl (C=O) groups is 1. The van der Waals surface area contributed by atoms with Crippen LogP contribution >= 0.6 is 0 Å². The number of nitrogens with one attached hydrogen (secondary N) is 2. The van der Waals surface area contributed by atoms with Gasteiger partial charge in [-0.25, -0.2) is 0 Å². The molecule has 0 bridgehead atoms. The van der Waals surface area contributed by atoms with E-state index in [1.54, 1.807) is 6.07 Å². The third-order valence-electron chi connectivity index (χ3n) is 4.21. The first kappa shape index (κ1) is 14.9. The number of carbonyl (C=O) groups excluding carboxylic acids is 1. The smallest absolute Gasteiger partial charge is 0.253 e. The van der Waals surface area contributed by atoms with Crippen molar-refractivity contribution in [1.29, 1.82) is 0 Å². The van der Waals surface area contributed by atoms with Crippen LogP contribution in [0.25, 0.3) is 0 Å². The minimum absolute atomic E-state index is 0.0301. The lowest BCUT2D eigenvalue weighted by molar-refractivity contribution is 0.0922. The maximum Gasteiger partial charge on any atom is 0.253 e. The predicted octanol–water partition coefficient (Wildman–Crippen LogP) is 3.06. The van der Waals surface area contributed by atoms with E-state index < -0.39 is 0 Å². The number of benzene rings is 1. The highest BCUT2D eigenvalue weighted by atomic mass is 16.1. The van der Waals surface area contributed by atoms with Gasteiger partial charge in [-0.2, -0.15) is 0 Å². The maximum atomic E-state index is 12.3. The molecule has 0 spiro atoms. The quantitative estimate of drug-likeness (QED) is 0.571. The van der Waals surface area contributed by atoms with E-state index in [1.165, 1.54) is 25.7 Å². The lowest BCUT2D eigenvalue weighted by Gasteiger charge is -2.29. The third kappa shape index (κ3) is 3.73. The average molecular weight is 275 g/mol. The lowest BCUT2D eigenvalue weighted by atomic mass is 9.83. The van der Waals surface area contributed by atoms with Crippen LogP contribution in [-0.2, 0) is 0 Å². The van der Waals surface area contributed by atoms with Crippen LogP contribution in [0.2, 0.25) is 0 Å². The van der Waals surface area contributed by atoms with Gasteiger partial charge in [0.2, 0.25) is 0 Å². The minimum Gasteiger partial charge on any atom is -0.349 e. The summed E-state index contributed by atoms with van der Waals surface area (Å²) in [5.41, 5.74) is 3.86. The molecular weight excluding hydrogens is 250 g/mol. The molecule has 20 heavy (non-hydrogen) atoms. The highest BCUT2D eigenvalue weighted by Gasteiger charge is 2.22. The molecule has 1 aliphatic rings. The number of nitrogen functional groups attached to an aromatic ring is 1. The van der Waals surface area contributed by atoms with Gasteiger partial charge < -0.3 is 10.7 Å². The van der Waals surface area contributed by atoms with Crippen molar-refractivity contribution >= 4 is 11.6 Å². The Labute approximate surface area is 121 Å². The fourth-order valence-electron chi connectivity index (χ4n) is 3.07. The van der Waals surface area contributed by atoms with Crippen LogP contribution in [0.1, 0.15) is 55.8 Å². The van der Waals surface area contributed by atoms with Crippen molar-refractivity contribution in [1.82, 2.24) is 5.32 Å². The number of anilines is 1. The molecule has 1 aromatic carbocycles. The molecule has 2 rings (SSSR count). The number of hydrazine groups is 1. The molecule has 1 fully saturated rings. The summed E-state index contributed by atoms with van der Waals surface area (Å²) in [6.45, 7) is 2.24. The Kier molecular flexibility index (Phi) is 5.41. The van der Waals surface area contributed by atoms with Crippen LogP contribution in [0.15, 0.2) is 24.3 Å². The zero-order chi connectivity index (χ0) is 14.4. The standard InChI is InChI=1S/C16H25N3O/c1-2-5-12-8-10-13(11-9-12)18-16(20)14-6-3-4-7-15(14)19-17/h3-4,6-7,12-13,19H,2,5,8-11,17H2,1H3,(H,18,20). The lowest BCUT2D eigenvalue weighted by Crippen LogP contribution is -2.38. The van der Waals surface area contributed by atoms with Crippen molar-refractivity contribution in [3.63, 3.8) is 0 Å². The van der Waals surface area contributed by atoms with E-state index >= 15 is 0 Å². The average Bonchev–Trinajstić information content (AvgIpc) is 2.49. The number of hydrogen-bond acceptors (Lipinski definition) is 3. The second kappa shape index (κ2) is 7.29. The van der Waals surface area contributed by atoms with Gasteiger partial charge in [-0.05, 0) is 43.7 Å². The summed E-state index contributed by atoms with van der Waals surface area (Å²) in [6.07, 6.45) is 7.23. The second-order valence-corrected chi connectivity index (χ2v) is 5.67. The van der Waals surface area contributed by atoms with Gasteiger partial charge in [-0.1, -0.05) is 31.9 Å². The van der Waals surface area contributed by atoms with E-state index in [-0.39, 0.29) is 5.91 Å². The van der Waals surface area contributed by atoms with Gasteiger partial charge in [0.05, 0.1) is 11.3 Å². The van der Waals surface area contributed by atoms with E-state index in [1.807, 2.05) is 18.2 Å². The molecule has 110 valence electrons. The summed E-state index contributed by atoms with van der Waals surface area (Å²) in [6, 6.07) is 7.64. The molecule has 0 radical (unpaired) electrons. The van der Waals surface area contributed by atoms with Crippen LogP contribution in [0.5, 0.6) is 0 Å². The van der Waals surface area contributed by atoms with Gasteiger partial charge >= 0.3 is 0 Å². The summed E-state index contributed by atoms with van der Waals surface area (Å²) >= 11 is 0. The van der Waals surface area contributed by atoms with Crippen LogP contribution in [0.4, 0.5) is 5.69 Å². The Balaban J connectivity index is 1.89. The summed E-state index contributed by atoms with van der Waals surface area (Å²) in [4.78, 5) is 12.3. The molecule has 1 saturated carbocycles. The van der Waals surface area contributed by atoms with E-state index in [9.17, 15) is 4.79 Å². The van der Waals surface area contributed by atoms with Crippen LogP contribution in [0.3, 0.4) is 0 Å². The number of nitrogens with two attached hydrogens (primary N) is 1. The normalized spacial score (nSPS) is 22.3. The Morgan fingerprint density at radius 1 is 1.25 bits per heavy atom. The fraction of sp³-hybridized carbons (Fsp3) is 0.562. The van der Waals surface area contributed by atoms with Gasteiger partial charge in [0.15, 0.2) is 0 Å². The van der Waals surface area contributed by atoms with Crippen LogP contribution < -0.4 is 16.6 Å². The van der Waals surface area contributed by atoms with Gasteiger partial charge in [0.25, 0.3) is 5.91 Å². The molecule has 1 aromatic rings. The molecule has 0 aliphatic heterocycles. The van der Waals surface area contributed by atoms with Crippen LogP contribution in [0, 0.1) is 5.92 Å². The van der Waals surface area contributed by atoms with Gasteiger partial charge in [0.1, 0.15) is 0 Å². The SMILES string of the molecule is CCCC1CCC(NC(=O)c2ccccc2NN)CC1. The number of para-hydroxylation sites is 1. The second-order valence-electron chi connectivity index (χ2n) is 5.67. The first-order chi connectivity index (χ1) is 9.74. The molecule has 0 saturated heterocycles. The zero-order valence-electron chi connectivity index (χ0n) is 12.2. The first-order valence-corrected chi connectivity index (χ1v) is 7.61. The highest BCUT2D eigenvalue weighted by molar-refractivity contribution is 5.99. The largest absolute Gasteiger partial charge is 0.349 e. The van der Waals surface area contributed by atoms with Gasteiger partial charge in [-0.3, -0.25) is 10.6 Å². The monoisotopic (exact) mass is 275 g/mol. The fourth-order valence-corrected chi connectivity index (χ4v) is 3.07. The van der Waals surface area contributed by atoms with Crippen molar-refractivity contribution < 1.29 is 4.79 Å². The molecule has 0 aromatic heterocycles. The van der Waals surface area contributed by atoms with Crippen molar-refractivity contribution in [2.24, 2.45) is 11.8 Å². The van der Waals surface area contributed by atoms with Crippen LogP contribution in [-0.4, -0.2) is 11.9 Å². The number of hydrogen-bond donors (Lipinski definition) is 3.